The molecular formula is C11H19NO2. The fraction of sp³-hybridized carbons (Fsp3) is 0.909. The second-order valence-electron chi connectivity index (χ2n) is 4.52. The van der Waals surface area contributed by atoms with Gasteiger partial charge in [0.25, 0.3) is 0 Å². The molecule has 3 unspecified atom stereocenters. The van der Waals surface area contributed by atoms with E-state index in [1.54, 1.807) is 0 Å². The molecule has 1 heterocycles. The van der Waals surface area contributed by atoms with E-state index in [-0.39, 0.29) is 11.9 Å². The second kappa shape index (κ2) is 4.30. The van der Waals surface area contributed by atoms with Crippen LogP contribution in [0, 0.1) is 11.8 Å². The first-order chi connectivity index (χ1) is 6.81. The van der Waals surface area contributed by atoms with E-state index in [1.165, 1.54) is 32.8 Å². The van der Waals surface area contributed by atoms with Crippen LogP contribution in [0.3, 0.4) is 0 Å². The van der Waals surface area contributed by atoms with E-state index in [0.29, 0.717) is 12.0 Å². The van der Waals surface area contributed by atoms with Crippen LogP contribution in [0.5, 0.6) is 0 Å². The highest BCUT2D eigenvalue weighted by Crippen LogP contribution is 2.32. The largest absolute Gasteiger partial charge is 0.469 e. The Kier molecular flexibility index (Phi) is 3.06. The van der Waals surface area contributed by atoms with Crippen molar-refractivity contribution in [2.24, 2.45) is 11.8 Å². The Balaban J connectivity index is 1.92. The summed E-state index contributed by atoms with van der Waals surface area (Å²) >= 11 is 0. The molecule has 0 aromatic heterocycles. The first kappa shape index (κ1) is 9.97. The molecule has 0 bridgehead atoms. The fourth-order valence-electron chi connectivity index (χ4n) is 2.85. The predicted octanol–water partition coefficient (Wildman–Crippen LogP) is 1.33. The molecule has 0 radical (unpaired) electrons. The summed E-state index contributed by atoms with van der Waals surface area (Å²) in [7, 11) is 1.48. The van der Waals surface area contributed by atoms with Crippen molar-refractivity contribution in [3.8, 4) is 0 Å². The molecule has 80 valence electrons. The molecule has 0 aromatic carbocycles. The summed E-state index contributed by atoms with van der Waals surface area (Å²) in [6, 6.07) is 0.671. The minimum Gasteiger partial charge on any atom is -0.469 e. The SMILES string of the molecule is COC(=O)C1CNC2CCCCC2C1. The van der Waals surface area contributed by atoms with Gasteiger partial charge in [0, 0.05) is 12.6 Å². The molecule has 1 N–H and O–H groups in total. The van der Waals surface area contributed by atoms with Gasteiger partial charge in [-0.1, -0.05) is 12.8 Å². The molecular weight excluding hydrogens is 178 g/mol. The highest BCUT2D eigenvalue weighted by Gasteiger charge is 2.34. The number of nitrogens with one attached hydrogen (secondary N) is 1. The summed E-state index contributed by atoms with van der Waals surface area (Å²) in [5, 5.41) is 3.49. The van der Waals surface area contributed by atoms with Crippen molar-refractivity contribution in [3.05, 3.63) is 0 Å². The third-order valence-electron chi connectivity index (χ3n) is 3.66. The minimum atomic E-state index is -0.0403. The molecule has 2 aliphatic rings. The second-order valence-corrected chi connectivity index (χ2v) is 4.52. The zero-order valence-electron chi connectivity index (χ0n) is 8.79. The lowest BCUT2D eigenvalue weighted by atomic mass is 9.76. The quantitative estimate of drug-likeness (QED) is 0.644. The van der Waals surface area contributed by atoms with Gasteiger partial charge in [-0.2, -0.15) is 0 Å². The van der Waals surface area contributed by atoms with Gasteiger partial charge in [0.15, 0.2) is 0 Å². The van der Waals surface area contributed by atoms with Crippen LogP contribution >= 0.6 is 0 Å². The van der Waals surface area contributed by atoms with Gasteiger partial charge in [0.1, 0.15) is 0 Å². The Morgan fingerprint density at radius 3 is 2.93 bits per heavy atom. The van der Waals surface area contributed by atoms with Crippen LogP contribution in [0.1, 0.15) is 32.1 Å². The summed E-state index contributed by atoms with van der Waals surface area (Å²) in [5.74, 6) is 0.766. The number of esters is 1. The van der Waals surface area contributed by atoms with Crippen molar-refractivity contribution in [1.29, 1.82) is 0 Å². The molecule has 14 heavy (non-hydrogen) atoms. The number of carbonyl (C=O) groups is 1. The van der Waals surface area contributed by atoms with Crippen molar-refractivity contribution in [1.82, 2.24) is 5.32 Å². The monoisotopic (exact) mass is 197 g/mol. The van der Waals surface area contributed by atoms with Gasteiger partial charge in [0.05, 0.1) is 13.0 Å². The van der Waals surface area contributed by atoms with E-state index in [4.69, 9.17) is 4.74 Å². The van der Waals surface area contributed by atoms with Gasteiger partial charge in [0.2, 0.25) is 0 Å². The van der Waals surface area contributed by atoms with Crippen LogP contribution in [0.25, 0.3) is 0 Å². The first-order valence-corrected chi connectivity index (χ1v) is 5.62. The molecule has 2 rings (SSSR count). The van der Waals surface area contributed by atoms with Crippen molar-refractivity contribution in [2.45, 2.75) is 38.1 Å². The van der Waals surface area contributed by atoms with Crippen LogP contribution in [0.15, 0.2) is 0 Å². The molecule has 1 aliphatic heterocycles. The molecule has 2 fully saturated rings. The van der Waals surface area contributed by atoms with E-state index < -0.39 is 0 Å². The molecule has 1 saturated heterocycles. The summed E-state index contributed by atoms with van der Waals surface area (Å²) in [6.45, 7) is 0.813. The number of rotatable bonds is 1. The normalized spacial score (nSPS) is 37.4. The standard InChI is InChI=1S/C11H19NO2/c1-14-11(13)9-6-8-4-2-3-5-10(8)12-7-9/h8-10,12H,2-7H2,1H3. The Hall–Kier alpha value is -0.570. The van der Waals surface area contributed by atoms with Crippen LogP contribution in [-0.4, -0.2) is 25.7 Å². The summed E-state index contributed by atoms with van der Waals surface area (Å²) in [4.78, 5) is 11.4. The van der Waals surface area contributed by atoms with Crippen LogP contribution in [-0.2, 0) is 9.53 Å². The maximum absolute atomic E-state index is 11.4. The van der Waals surface area contributed by atoms with Crippen molar-refractivity contribution in [2.75, 3.05) is 13.7 Å². The van der Waals surface area contributed by atoms with Gasteiger partial charge in [-0.15, -0.1) is 0 Å². The predicted molar refractivity (Wildman–Crippen MR) is 53.9 cm³/mol. The average Bonchev–Trinajstić information content (AvgIpc) is 2.27. The van der Waals surface area contributed by atoms with E-state index in [0.717, 1.165) is 13.0 Å². The minimum absolute atomic E-state index is 0.0403. The van der Waals surface area contributed by atoms with Gasteiger partial charge in [-0.3, -0.25) is 4.79 Å². The number of fused-ring (bicyclic) bond motifs is 1. The van der Waals surface area contributed by atoms with Crippen LogP contribution < -0.4 is 5.32 Å². The zero-order chi connectivity index (χ0) is 9.97. The Bertz CT molecular complexity index is 217. The lowest BCUT2D eigenvalue weighted by molar-refractivity contribution is -0.147. The van der Waals surface area contributed by atoms with E-state index in [2.05, 4.69) is 5.32 Å². The van der Waals surface area contributed by atoms with Gasteiger partial charge >= 0.3 is 5.97 Å². The lowest BCUT2D eigenvalue weighted by Gasteiger charge is -2.39. The smallest absolute Gasteiger partial charge is 0.309 e. The van der Waals surface area contributed by atoms with Crippen molar-refractivity contribution < 1.29 is 9.53 Å². The van der Waals surface area contributed by atoms with E-state index in [9.17, 15) is 4.79 Å². The molecule has 0 spiro atoms. The number of carbonyl (C=O) groups excluding carboxylic acids is 1. The lowest BCUT2D eigenvalue weighted by Crippen LogP contribution is -2.48. The number of hydrogen-bond donors (Lipinski definition) is 1. The van der Waals surface area contributed by atoms with Gasteiger partial charge in [-0.05, 0) is 25.2 Å². The summed E-state index contributed by atoms with van der Waals surface area (Å²) in [6.07, 6.45) is 6.28. The molecule has 1 saturated carbocycles. The average molecular weight is 197 g/mol. The third-order valence-corrected chi connectivity index (χ3v) is 3.66. The molecule has 3 heteroatoms. The molecule has 3 atom stereocenters. The molecule has 0 amide bonds. The highest BCUT2D eigenvalue weighted by atomic mass is 16.5. The fourth-order valence-corrected chi connectivity index (χ4v) is 2.85. The van der Waals surface area contributed by atoms with Crippen molar-refractivity contribution in [3.63, 3.8) is 0 Å². The summed E-state index contributed by atoms with van der Waals surface area (Å²) in [5.41, 5.74) is 0. The van der Waals surface area contributed by atoms with Crippen LogP contribution in [0.4, 0.5) is 0 Å². The molecule has 0 aromatic rings. The molecule has 3 nitrogen and oxygen atoms in total. The number of methoxy groups -OCH3 is 1. The maximum Gasteiger partial charge on any atom is 0.309 e. The first-order valence-electron chi connectivity index (χ1n) is 5.62. The number of hydrogen-bond acceptors (Lipinski definition) is 3. The number of ether oxygens (including phenoxy) is 1. The van der Waals surface area contributed by atoms with Crippen molar-refractivity contribution >= 4 is 5.97 Å². The van der Waals surface area contributed by atoms with E-state index in [1.807, 2.05) is 0 Å². The van der Waals surface area contributed by atoms with E-state index >= 15 is 0 Å². The highest BCUT2D eigenvalue weighted by molar-refractivity contribution is 5.72. The molecule has 1 aliphatic carbocycles. The third kappa shape index (κ3) is 1.92. The Morgan fingerprint density at radius 1 is 1.36 bits per heavy atom. The van der Waals surface area contributed by atoms with Gasteiger partial charge in [-0.25, -0.2) is 0 Å². The van der Waals surface area contributed by atoms with Gasteiger partial charge < -0.3 is 10.1 Å². The Morgan fingerprint density at radius 2 is 2.14 bits per heavy atom. The van der Waals surface area contributed by atoms with Crippen LogP contribution in [0.2, 0.25) is 0 Å². The maximum atomic E-state index is 11.4. The topological polar surface area (TPSA) is 38.3 Å². The summed E-state index contributed by atoms with van der Waals surface area (Å²) < 4.78 is 4.79. The number of piperidine rings is 1. The zero-order valence-corrected chi connectivity index (χ0v) is 8.79. The Labute approximate surface area is 85.2 Å².